The molecule has 0 aliphatic rings. The number of anilines is 1. The molecule has 0 aliphatic carbocycles. The van der Waals surface area contributed by atoms with E-state index in [4.69, 9.17) is 4.74 Å². The van der Waals surface area contributed by atoms with Crippen LogP contribution >= 0.6 is 0 Å². The van der Waals surface area contributed by atoms with Crippen LogP contribution in [-0.2, 0) is 13.3 Å². The average molecular weight is 415 g/mol. The fourth-order valence-corrected chi connectivity index (χ4v) is 3.38. The predicted octanol–water partition coefficient (Wildman–Crippen LogP) is 4.34. The third-order valence-corrected chi connectivity index (χ3v) is 4.92. The van der Waals surface area contributed by atoms with Gasteiger partial charge in [-0.05, 0) is 61.2 Å². The summed E-state index contributed by atoms with van der Waals surface area (Å²) in [5.41, 5.74) is 5.61. The molecular weight excluding hydrogens is 390 g/mol. The van der Waals surface area contributed by atoms with E-state index in [-0.39, 0.29) is 12.6 Å². The Kier molecular flexibility index (Phi) is 5.84. The number of benzene rings is 2. The first-order valence-corrected chi connectivity index (χ1v) is 10.1. The molecule has 0 atom stereocenters. The summed E-state index contributed by atoms with van der Waals surface area (Å²) in [6.07, 6.45) is 5.17. The number of carbonyl (C=O) groups excluding carboxylic acids is 1. The van der Waals surface area contributed by atoms with Gasteiger partial charge in [-0.2, -0.15) is 10.2 Å². The molecule has 0 spiro atoms. The topological polar surface area (TPSA) is 74.0 Å². The molecule has 2 aromatic carbocycles. The van der Waals surface area contributed by atoms with Crippen LogP contribution in [0, 0.1) is 20.8 Å². The Morgan fingerprint density at radius 2 is 1.81 bits per heavy atom. The first kappa shape index (κ1) is 20.4. The van der Waals surface area contributed by atoms with Crippen LogP contribution in [0.5, 0.6) is 5.75 Å². The highest BCUT2D eigenvalue weighted by Gasteiger charge is 2.12. The van der Waals surface area contributed by atoms with Crippen molar-refractivity contribution in [3.63, 3.8) is 0 Å². The fourth-order valence-electron chi connectivity index (χ4n) is 3.38. The molecule has 1 N–H and O–H groups in total. The molecule has 2 heterocycles. The lowest BCUT2D eigenvalue weighted by molar-refractivity contribution is 0.102. The van der Waals surface area contributed by atoms with Gasteiger partial charge in [0, 0.05) is 12.4 Å². The molecule has 0 fully saturated rings. The van der Waals surface area contributed by atoms with Gasteiger partial charge in [0.25, 0.3) is 5.91 Å². The number of amides is 1. The minimum absolute atomic E-state index is 0.227. The van der Waals surface area contributed by atoms with Crippen molar-refractivity contribution in [2.24, 2.45) is 0 Å². The van der Waals surface area contributed by atoms with Crippen LogP contribution < -0.4 is 10.1 Å². The maximum absolute atomic E-state index is 12.5. The molecule has 0 saturated heterocycles. The van der Waals surface area contributed by atoms with Crippen LogP contribution in [0.3, 0.4) is 0 Å². The Morgan fingerprint density at radius 1 is 1.03 bits per heavy atom. The van der Waals surface area contributed by atoms with Gasteiger partial charge in [-0.25, -0.2) is 4.68 Å². The number of aryl methyl sites for hydroxylation is 3. The molecule has 4 aromatic rings. The zero-order valence-electron chi connectivity index (χ0n) is 17.9. The molecule has 2 aromatic heterocycles. The number of aromatic nitrogens is 4. The minimum atomic E-state index is -0.291. The maximum Gasteiger partial charge on any atom is 0.276 e. The number of nitrogens with zero attached hydrogens (tertiary/aromatic N) is 4. The lowest BCUT2D eigenvalue weighted by Gasteiger charge is -2.08. The van der Waals surface area contributed by atoms with Crippen molar-refractivity contribution in [1.29, 1.82) is 0 Å². The monoisotopic (exact) mass is 415 g/mol. The highest BCUT2D eigenvalue weighted by molar-refractivity contribution is 6.02. The summed E-state index contributed by atoms with van der Waals surface area (Å²) in [5, 5.41) is 11.5. The van der Waals surface area contributed by atoms with Gasteiger partial charge >= 0.3 is 0 Å². The summed E-state index contributed by atoms with van der Waals surface area (Å²) >= 11 is 0. The van der Waals surface area contributed by atoms with E-state index < -0.39 is 0 Å². The molecule has 0 unspecified atom stereocenters. The van der Waals surface area contributed by atoms with Gasteiger partial charge in [0.1, 0.15) is 5.75 Å². The van der Waals surface area contributed by atoms with E-state index in [1.54, 1.807) is 27.8 Å². The largest absolute Gasteiger partial charge is 0.471 e. The lowest BCUT2D eigenvalue weighted by atomic mass is 10.1. The third kappa shape index (κ3) is 5.19. The van der Waals surface area contributed by atoms with E-state index >= 15 is 0 Å². The second-order valence-electron chi connectivity index (χ2n) is 7.64. The molecule has 4 rings (SSSR count). The molecule has 0 radical (unpaired) electrons. The van der Waals surface area contributed by atoms with Crippen molar-refractivity contribution in [3.05, 3.63) is 95.1 Å². The quantitative estimate of drug-likeness (QED) is 0.487. The van der Waals surface area contributed by atoms with E-state index in [9.17, 15) is 4.79 Å². The number of hydrogen-bond acceptors (Lipinski definition) is 4. The summed E-state index contributed by atoms with van der Waals surface area (Å²) in [6, 6.07) is 15.9. The molecule has 31 heavy (non-hydrogen) atoms. The first-order chi connectivity index (χ1) is 15.0. The summed E-state index contributed by atoms with van der Waals surface area (Å²) in [6.45, 7) is 7.00. The first-order valence-electron chi connectivity index (χ1n) is 10.1. The summed E-state index contributed by atoms with van der Waals surface area (Å²) in [5.74, 6) is 0.487. The van der Waals surface area contributed by atoms with Crippen molar-refractivity contribution in [1.82, 2.24) is 19.6 Å². The Hall–Kier alpha value is -3.87. The summed E-state index contributed by atoms with van der Waals surface area (Å²) < 4.78 is 9.18. The van der Waals surface area contributed by atoms with Crippen LogP contribution in [0.25, 0.3) is 0 Å². The molecule has 7 heteroatoms. The Bertz CT molecular complexity index is 1190. The molecule has 7 nitrogen and oxygen atoms in total. The van der Waals surface area contributed by atoms with Crippen molar-refractivity contribution in [2.45, 2.75) is 34.0 Å². The summed E-state index contributed by atoms with van der Waals surface area (Å²) in [4.78, 5) is 12.5. The Balaban J connectivity index is 1.35. The van der Waals surface area contributed by atoms with Crippen molar-refractivity contribution < 1.29 is 9.53 Å². The van der Waals surface area contributed by atoms with Gasteiger partial charge in [-0.15, -0.1) is 0 Å². The van der Waals surface area contributed by atoms with Crippen LogP contribution in [0.1, 0.15) is 32.7 Å². The predicted molar refractivity (Wildman–Crippen MR) is 119 cm³/mol. The van der Waals surface area contributed by atoms with Crippen LogP contribution in [0.4, 0.5) is 5.69 Å². The average Bonchev–Trinajstić information content (AvgIpc) is 3.37. The zero-order chi connectivity index (χ0) is 21.8. The van der Waals surface area contributed by atoms with Gasteiger partial charge in [-0.3, -0.25) is 9.48 Å². The minimum Gasteiger partial charge on any atom is -0.471 e. The Labute approximate surface area is 181 Å². The molecular formula is C24H25N5O2. The van der Waals surface area contributed by atoms with Crippen LogP contribution in [0.2, 0.25) is 0 Å². The van der Waals surface area contributed by atoms with Gasteiger partial charge in [-0.1, -0.05) is 30.3 Å². The van der Waals surface area contributed by atoms with Gasteiger partial charge in [0.05, 0.1) is 18.4 Å². The summed E-state index contributed by atoms with van der Waals surface area (Å²) in [7, 11) is 0. The lowest BCUT2D eigenvalue weighted by Crippen LogP contribution is -2.14. The smallest absolute Gasteiger partial charge is 0.276 e. The number of carbonyl (C=O) groups is 1. The number of ether oxygens (including phenoxy) is 1. The van der Waals surface area contributed by atoms with Crippen molar-refractivity contribution in [3.8, 4) is 5.75 Å². The molecule has 1 amide bonds. The normalized spacial score (nSPS) is 10.8. The number of rotatable bonds is 7. The second-order valence-corrected chi connectivity index (χ2v) is 7.64. The standard InChI is InChI=1S/C24H25N5O2/c1-17-10-18(2)12-22(11-17)31-16-28-9-8-23(27-28)24(30)26-21-13-25-29(15-21)14-20-7-5-4-6-19(20)3/h4-13,15H,14,16H2,1-3H3,(H,26,30). The van der Waals surface area contributed by atoms with E-state index in [0.717, 1.165) is 16.9 Å². The van der Waals surface area contributed by atoms with E-state index in [1.165, 1.54) is 11.1 Å². The number of nitrogens with one attached hydrogen (secondary N) is 1. The molecule has 0 saturated carbocycles. The SMILES string of the molecule is Cc1cc(C)cc(OCn2ccc(C(=O)Nc3cnn(Cc4ccccc4C)c3)n2)c1. The third-order valence-electron chi connectivity index (χ3n) is 4.92. The maximum atomic E-state index is 12.5. The molecule has 158 valence electrons. The fraction of sp³-hybridized carbons (Fsp3) is 0.208. The van der Waals surface area contributed by atoms with E-state index in [0.29, 0.717) is 17.9 Å². The van der Waals surface area contributed by atoms with Crippen LogP contribution in [0.15, 0.2) is 67.1 Å². The van der Waals surface area contributed by atoms with Crippen molar-refractivity contribution >= 4 is 11.6 Å². The number of hydrogen-bond donors (Lipinski definition) is 1. The second kappa shape index (κ2) is 8.87. The Morgan fingerprint density at radius 3 is 2.58 bits per heavy atom. The van der Waals surface area contributed by atoms with Crippen LogP contribution in [-0.4, -0.2) is 25.5 Å². The van der Waals surface area contributed by atoms with Gasteiger partial charge < -0.3 is 10.1 Å². The van der Waals surface area contributed by atoms with Crippen molar-refractivity contribution in [2.75, 3.05) is 5.32 Å². The highest BCUT2D eigenvalue weighted by atomic mass is 16.5. The van der Waals surface area contributed by atoms with E-state index in [2.05, 4.69) is 40.6 Å². The molecule has 0 bridgehead atoms. The highest BCUT2D eigenvalue weighted by Crippen LogP contribution is 2.17. The zero-order valence-corrected chi connectivity index (χ0v) is 17.9. The molecule has 0 aliphatic heterocycles. The van der Waals surface area contributed by atoms with E-state index in [1.807, 2.05) is 44.3 Å². The van der Waals surface area contributed by atoms with Gasteiger partial charge in [0.15, 0.2) is 12.4 Å². The van der Waals surface area contributed by atoms with Gasteiger partial charge in [0.2, 0.25) is 0 Å².